The molecule has 98 valence electrons. The van der Waals surface area contributed by atoms with Crippen LogP contribution in [-0.2, 0) is 0 Å². The Morgan fingerprint density at radius 3 is 2.42 bits per heavy atom. The third kappa shape index (κ3) is 1.84. The summed E-state index contributed by atoms with van der Waals surface area (Å²) in [4.78, 5) is 0. The number of fused-ring (bicyclic) bond motifs is 3. The van der Waals surface area contributed by atoms with Gasteiger partial charge in [-0.3, -0.25) is 0 Å². The summed E-state index contributed by atoms with van der Waals surface area (Å²) in [5.41, 5.74) is 2.40. The van der Waals surface area contributed by atoms with Crippen molar-refractivity contribution in [2.45, 2.75) is 19.0 Å². The molecule has 0 bridgehead atoms. The van der Waals surface area contributed by atoms with Crippen LogP contribution in [0.1, 0.15) is 22.6 Å². The van der Waals surface area contributed by atoms with Gasteiger partial charge in [0, 0.05) is 10.6 Å². The number of hydrogen-bond acceptors (Lipinski definition) is 0. The van der Waals surface area contributed by atoms with Gasteiger partial charge in [-0.1, -0.05) is 41.9 Å². The van der Waals surface area contributed by atoms with Crippen molar-refractivity contribution < 1.29 is 13.2 Å². The average molecular weight is 283 g/mol. The summed E-state index contributed by atoms with van der Waals surface area (Å²) in [5.74, 6) is -1.57. The van der Waals surface area contributed by atoms with Crippen LogP contribution < -0.4 is 0 Å². The van der Waals surface area contributed by atoms with Crippen LogP contribution in [0, 0.1) is 6.92 Å². The van der Waals surface area contributed by atoms with Crippen molar-refractivity contribution in [2.75, 3.05) is 0 Å². The van der Waals surface area contributed by atoms with Gasteiger partial charge in [-0.2, -0.15) is 13.2 Å². The highest BCUT2D eigenvalue weighted by Crippen LogP contribution is 2.54. The normalized spacial score (nSPS) is 17.2. The van der Waals surface area contributed by atoms with Crippen molar-refractivity contribution in [3.63, 3.8) is 0 Å². The third-order valence-corrected chi connectivity index (χ3v) is 3.74. The number of alkyl halides is 3. The minimum Gasteiger partial charge on any atom is -0.170 e. The number of halogens is 4. The summed E-state index contributed by atoms with van der Waals surface area (Å²) >= 11 is 6.15. The molecule has 0 unspecified atom stereocenters. The highest BCUT2D eigenvalue weighted by molar-refractivity contribution is 6.34. The topological polar surface area (TPSA) is 0 Å². The molecule has 0 fully saturated rings. The average Bonchev–Trinajstić information content (AvgIpc) is 2.61. The molecule has 0 nitrogen and oxygen atoms in total. The fraction of sp³-hybridized carbons (Fsp3) is 0.200. The Balaban J connectivity index is 2.37. The Kier molecular flexibility index (Phi) is 2.65. The van der Waals surface area contributed by atoms with Crippen LogP contribution in [0.5, 0.6) is 0 Å². The van der Waals surface area contributed by atoms with Crippen LogP contribution in [0.4, 0.5) is 13.2 Å². The summed E-state index contributed by atoms with van der Waals surface area (Å²) in [5, 5.41) is 0.384. The number of hydrogen-bond donors (Lipinski definition) is 0. The second-order valence-corrected chi connectivity index (χ2v) is 5.18. The van der Waals surface area contributed by atoms with E-state index < -0.39 is 12.1 Å². The minimum absolute atomic E-state index is 0.263. The van der Waals surface area contributed by atoms with Crippen molar-refractivity contribution in [1.29, 1.82) is 0 Å². The van der Waals surface area contributed by atoms with Crippen molar-refractivity contribution in [3.05, 3.63) is 58.1 Å². The number of rotatable bonds is 0. The second kappa shape index (κ2) is 4.01. The predicted octanol–water partition coefficient (Wildman–Crippen LogP) is 5.32. The largest absolute Gasteiger partial charge is 0.399 e. The molecule has 0 amide bonds. The Hall–Kier alpha value is -1.48. The molecule has 0 spiro atoms. The second-order valence-electron chi connectivity index (χ2n) is 4.77. The van der Waals surface area contributed by atoms with Gasteiger partial charge in [-0.25, -0.2) is 0 Å². The van der Waals surface area contributed by atoms with E-state index in [0.29, 0.717) is 16.1 Å². The van der Waals surface area contributed by atoms with Crippen LogP contribution >= 0.6 is 11.6 Å². The monoisotopic (exact) mass is 282 g/mol. The third-order valence-electron chi connectivity index (χ3n) is 3.44. The smallest absolute Gasteiger partial charge is 0.170 e. The highest BCUT2D eigenvalue weighted by atomic mass is 35.5. The summed E-state index contributed by atoms with van der Waals surface area (Å²) in [6.45, 7) is 1.75. The summed E-state index contributed by atoms with van der Waals surface area (Å²) in [6.07, 6.45) is -4.31. The van der Waals surface area contributed by atoms with Gasteiger partial charge in [0.1, 0.15) is 5.92 Å². The molecule has 1 aliphatic carbocycles. The zero-order valence-corrected chi connectivity index (χ0v) is 10.8. The Morgan fingerprint density at radius 2 is 1.74 bits per heavy atom. The van der Waals surface area contributed by atoms with E-state index in [4.69, 9.17) is 11.6 Å². The van der Waals surface area contributed by atoms with Crippen molar-refractivity contribution >= 4 is 11.6 Å². The molecule has 19 heavy (non-hydrogen) atoms. The van der Waals surface area contributed by atoms with E-state index in [1.54, 1.807) is 37.3 Å². The van der Waals surface area contributed by atoms with E-state index in [1.807, 2.05) is 0 Å². The zero-order chi connectivity index (χ0) is 13.8. The highest BCUT2D eigenvalue weighted by Gasteiger charge is 2.47. The lowest BCUT2D eigenvalue weighted by atomic mass is 9.95. The van der Waals surface area contributed by atoms with Crippen LogP contribution in [0.2, 0.25) is 5.02 Å². The molecule has 3 rings (SSSR count). The fourth-order valence-corrected chi connectivity index (χ4v) is 3.16. The SMILES string of the molecule is Cc1cc(Cl)c2c(c1)[C@@H](C(F)(F)F)c1ccccc1-2. The van der Waals surface area contributed by atoms with Crippen molar-refractivity contribution in [2.24, 2.45) is 0 Å². The van der Waals surface area contributed by atoms with Gasteiger partial charge in [0.05, 0.1) is 0 Å². The van der Waals surface area contributed by atoms with Gasteiger partial charge >= 0.3 is 6.18 Å². The van der Waals surface area contributed by atoms with Gasteiger partial charge in [0.15, 0.2) is 0 Å². The van der Waals surface area contributed by atoms with Crippen LogP contribution in [-0.4, -0.2) is 6.18 Å². The first-order valence-corrected chi connectivity index (χ1v) is 6.23. The predicted molar refractivity (Wildman–Crippen MR) is 69.5 cm³/mol. The maximum absolute atomic E-state index is 13.3. The molecule has 1 atom stereocenters. The minimum atomic E-state index is -4.31. The number of benzene rings is 2. The lowest BCUT2D eigenvalue weighted by Gasteiger charge is -2.17. The van der Waals surface area contributed by atoms with E-state index in [1.165, 1.54) is 6.07 Å². The van der Waals surface area contributed by atoms with Gasteiger partial charge in [-0.05, 0) is 35.2 Å². The molecule has 0 saturated carbocycles. The molecule has 0 radical (unpaired) electrons. The molecule has 0 N–H and O–H groups in total. The standard InChI is InChI=1S/C15H10ClF3/c1-8-6-11-13(12(16)7-8)9-4-2-3-5-10(9)14(11)15(17,18)19/h2-7,14H,1H3/t14-/m0/s1. The van der Waals surface area contributed by atoms with Crippen molar-refractivity contribution in [3.8, 4) is 11.1 Å². The molecule has 2 aromatic rings. The maximum Gasteiger partial charge on any atom is 0.399 e. The molecule has 0 aliphatic heterocycles. The number of aryl methyl sites for hydroxylation is 1. The molecular weight excluding hydrogens is 273 g/mol. The van der Waals surface area contributed by atoms with E-state index in [9.17, 15) is 13.2 Å². The molecule has 2 aromatic carbocycles. The quantitative estimate of drug-likeness (QED) is 0.613. The maximum atomic E-state index is 13.3. The Morgan fingerprint density at radius 1 is 1.05 bits per heavy atom. The van der Waals surface area contributed by atoms with Gasteiger partial charge in [-0.15, -0.1) is 0 Å². The molecule has 4 heteroatoms. The van der Waals surface area contributed by atoms with Gasteiger partial charge in [0.25, 0.3) is 0 Å². The van der Waals surface area contributed by atoms with Crippen molar-refractivity contribution in [1.82, 2.24) is 0 Å². The lowest BCUT2D eigenvalue weighted by molar-refractivity contribution is -0.140. The zero-order valence-electron chi connectivity index (χ0n) is 10.1. The van der Waals surface area contributed by atoms with Gasteiger partial charge in [0.2, 0.25) is 0 Å². The summed E-state index contributed by atoms with van der Waals surface area (Å²) in [7, 11) is 0. The lowest BCUT2D eigenvalue weighted by Crippen LogP contribution is -2.19. The Labute approximate surface area is 113 Å². The molecular formula is C15H10ClF3. The summed E-state index contributed by atoms with van der Waals surface area (Å²) < 4.78 is 40.0. The molecule has 0 heterocycles. The Bertz CT molecular complexity index is 659. The fourth-order valence-electron chi connectivity index (χ4n) is 2.78. The van der Waals surface area contributed by atoms with E-state index in [0.717, 1.165) is 5.56 Å². The summed E-state index contributed by atoms with van der Waals surface area (Å²) in [6, 6.07) is 9.87. The molecule has 0 aromatic heterocycles. The van der Waals surface area contributed by atoms with E-state index in [2.05, 4.69) is 0 Å². The van der Waals surface area contributed by atoms with E-state index >= 15 is 0 Å². The molecule has 1 aliphatic rings. The first kappa shape index (κ1) is 12.5. The van der Waals surface area contributed by atoms with Crippen LogP contribution in [0.3, 0.4) is 0 Å². The first-order chi connectivity index (χ1) is 8.89. The van der Waals surface area contributed by atoms with Crippen LogP contribution in [0.15, 0.2) is 36.4 Å². The molecule has 0 saturated heterocycles. The van der Waals surface area contributed by atoms with E-state index in [-0.39, 0.29) is 11.1 Å². The van der Waals surface area contributed by atoms with Crippen LogP contribution in [0.25, 0.3) is 11.1 Å². The first-order valence-electron chi connectivity index (χ1n) is 5.85. The van der Waals surface area contributed by atoms with Gasteiger partial charge < -0.3 is 0 Å².